The number of amides is 2. The summed E-state index contributed by atoms with van der Waals surface area (Å²) in [6, 6.07) is 8.14. The summed E-state index contributed by atoms with van der Waals surface area (Å²) in [5.74, 6) is 0.574. The molecule has 0 saturated heterocycles. The molecule has 1 aromatic rings. The van der Waals surface area contributed by atoms with Gasteiger partial charge in [0.1, 0.15) is 11.8 Å². The number of aliphatic hydroxyl groups excluding tert-OH is 1. The standard InChI is InChI=1S/C15H19N3O3/c16-9-10-21-12-7-5-11(6-8-12)17-15(20)18-13-3-1-2-4-14(13)19/h5-8,13-14,19H,1-4,10H2,(H2,17,18,20). The van der Waals surface area contributed by atoms with Gasteiger partial charge >= 0.3 is 6.03 Å². The number of urea groups is 1. The van der Waals surface area contributed by atoms with E-state index in [9.17, 15) is 9.90 Å². The fraction of sp³-hybridized carbons (Fsp3) is 0.467. The third-order valence-corrected chi connectivity index (χ3v) is 3.46. The lowest BCUT2D eigenvalue weighted by atomic mass is 9.93. The quantitative estimate of drug-likeness (QED) is 0.790. The molecule has 0 aliphatic heterocycles. The fourth-order valence-corrected chi connectivity index (χ4v) is 2.37. The molecule has 2 rings (SSSR count). The summed E-state index contributed by atoms with van der Waals surface area (Å²) in [7, 11) is 0. The van der Waals surface area contributed by atoms with E-state index in [0.29, 0.717) is 11.4 Å². The maximum absolute atomic E-state index is 11.9. The highest BCUT2D eigenvalue weighted by Gasteiger charge is 2.24. The third kappa shape index (κ3) is 4.65. The van der Waals surface area contributed by atoms with Crippen molar-refractivity contribution in [2.45, 2.75) is 37.8 Å². The molecule has 6 nitrogen and oxygen atoms in total. The Morgan fingerprint density at radius 1 is 1.33 bits per heavy atom. The predicted molar refractivity (Wildman–Crippen MR) is 78.0 cm³/mol. The Kier molecular flexibility index (Phi) is 5.41. The van der Waals surface area contributed by atoms with Crippen LogP contribution in [-0.2, 0) is 0 Å². The van der Waals surface area contributed by atoms with Gasteiger partial charge in [0.2, 0.25) is 0 Å². The molecule has 1 aliphatic carbocycles. The third-order valence-electron chi connectivity index (χ3n) is 3.46. The van der Waals surface area contributed by atoms with Crippen LogP contribution < -0.4 is 15.4 Å². The molecule has 112 valence electrons. The molecule has 3 N–H and O–H groups in total. The SMILES string of the molecule is N#CCOc1ccc(NC(=O)NC2CCCCC2O)cc1. The van der Waals surface area contributed by atoms with Gasteiger partial charge in [0, 0.05) is 5.69 Å². The molecular weight excluding hydrogens is 270 g/mol. The van der Waals surface area contributed by atoms with E-state index >= 15 is 0 Å². The van der Waals surface area contributed by atoms with Crippen LogP contribution in [0.25, 0.3) is 0 Å². The first-order valence-corrected chi connectivity index (χ1v) is 7.04. The van der Waals surface area contributed by atoms with Crippen molar-refractivity contribution in [3.05, 3.63) is 24.3 Å². The first kappa shape index (κ1) is 15.1. The molecule has 21 heavy (non-hydrogen) atoms. The lowest BCUT2D eigenvalue weighted by Crippen LogP contribution is -2.46. The second kappa shape index (κ2) is 7.50. The maximum atomic E-state index is 11.9. The number of carbonyl (C=O) groups excluding carboxylic acids is 1. The van der Waals surface area contributed by atoms with Crippen molar-refractivity contribution in [3.8, 4) is 11.8 Å². The van der Waals surface area contributed by atoms with E-state index in [2.05, 4.69) is 10.6 Å². The highest BCUT2D eigenvalue weighted by Crippen LogP contribution is 2.19. The minimum absolute atomic E-state index is 0.00711. The highest BCUT2D eigenvalue weighted by atomic mass is 16.5. The van der Waals surface area contributed by atoms with Crippen molar-refractivity contribution in [2.75, 3.05) is 11.9 Å². The number of rotatable bonds is 4. The van der Waals surface area contributed by atoms with Crippen LogP contribution in [0.1, 0.15) is 25.7 Å². The monoisotopic (exact) mass is 289 g/mol. The van der Waals surface area contributed by atoms with Crippen molar-refractivity contribution in [1.29, 1.82) is 5.26 Å². The zero-order valence-corrected chi connectivity index (χ0v) is 11.7. The van der Waals surface area contributed by atoms with Gasteiger partial charge in [-0.1, -0.05) is 12.8 Å². The molecule has 0 radical (unpaired) electrons. The van der Waals surface area contributed by atoms with Crippen LogP contribution >= 0.6 is 0 Å². The second-order valence-corrected chi connectivity index (χ2v) is 5.03. The van der Waals surface area contributed by atoms with Gasteiger partial charge in [-0.3, -0.25) is 0 Å². The van der Waals surface area contributed by atoms with Crippen molar-refractivity contribution in [3.63, 3.8) is 0 Å². The Hall–Kier alpha value is -2.26. The molecule has 1 aromatic carbocycles. The number of hydrogen-bond donors (Lipinski definition) is 3. The molecule has 2 atom stereocenters. The molecule has 2 unspecified atom stereocenters. The van der Waals surface area contributed by atoms with Crippen LogP contribution in [0.2, 0.25) is 0 Å². The van der Waals surface area contributed by atoms with Gasteiger partial charge in [-0.25, -0.2) is 4.79 Å². The minimum Gasteiger partial charge on any atom is -0.479 e. The molecule has 1 fully saturated rings. The van der Waals surface area contributed by atoms with Gasteiger partial charge in [0.05, 0.1) is 12.1 Å². The number of benzene rings is 1. The molecule has 2 amide bonds. The van der Waals surface area contributed by atoms with Crippen molar-refractivity contribution >= 4 is 11.7 Å². The van der Waals surface area contributed by atoms with Gasteiger partial charge in [-0.2, -0.15) is 5.26 Å². The zero-order chi connectivity index (χ0) is 15.1. The van der Waals surface area contributed by atoms with Crippen LogP contribution in [0, 0.1) is 11.3 Å². The van der Waals surface area contributed by atoms with E-state index < -0.39 is 6.10 Å². The first-order valence-electron chi connectivity index (χ1n) is 7.04. The molecule has 1 saturated carbocycles. The summed E-state index contributed by atoms with van der Waals surface area (Å²) < 4.78 is 5.13. The second-order valence-electron chi connectivity index (χ2n) is 5.03. The lowest BCUT2D eigenvalue weighted by molar-refractivity contribution is 0.0955. The molecule has 1 aliphatic rings. The number of ether oxygens (including phenoxy) is 1. The van der Waals surface area contributed by atoms with E-state index in [1.807, 2.05) is 6.07 Å². The van der Waals surface area contributed by atoms with E-state index in [0.717, 1.165) is 25.7 Å². The summed E-state index contributed by atoms with van der Waals surface area (Å²) in [6.07, 6.45) is 3.09. The van der Waals surface area contributed by atoms with Crippen LogP contribution in [0.5, 0.6) is 5.75 Å². The summed E-state index contributed by atoms with van der Waals surface area (Å²) in [5.41, 5.74) is 0.627. The van der Waals surface area contributed by atoms with Crippen molar-refractivity contribution < 1.29 is 14.6 Å². The predicted octanol–water partition coefficient (Wildman–Crippen LogP) is 2.01. The van der Waals surface area contributed by atoms with E-state index in [4.69, 9.17) is 10.00 Å². The maximum Gasteiger partial charge on any atom is 0.319 e. The zero-order valence-electron chi connectivity index (χ0n) is 11.7. The number of nitrogens with one attached hydrogen (secondary N) is 2. The Bertz CT molecular complexity index is 510. The Balaban J connectivity index is 1.83. The number of aliphatic hydroxyl groups is 1. The van der Waals surface area contributed by atoms with E-state index in [1.54, 1.807) is 24.3 Å². The number of hydrogen-bond acceptors (Lipinski definition) is 4. The van der Waals surface area contributed by atoms with E-state index in [1.165, 1.54) is 0 Å². The average Bonchev–Trinajstić information content (AvgIpc) is 2.49. The van der Waals surface area contributed by atoms with Crippen LogP contribution in [0.4, 0.5) is 10.5 Å². The highest BCUT2D eigenvalue weighted by molar-refractivity contribution is 5.89. The molecule has 0 spiro atoms. The van der Waals surface area contributed by atoms with Crippen molar-refractivity contribution in [1.82, 2.24) is 5.32 Å². The largest absolute Gasteiger partial charge is 0.479 e. The fourth-order valence-electron chi connectivity index (χ4n) is 2.37. The molecule has 0 heterocycles. The first-order chi connectivity index (χ1) is 10.2. The number of anilines is 1. The minimum atomic E-state index is -0.466. The van der Waals surface area contributed by atoms with Crippen LogP contribution in [-0.4, -0.2) is 29.9 Å². The molecular formula is C15H19N3O3. The number of carbonyl (C=O) groups is 1. The van der Waals surface area contributed by atoms with Gasteiger partial charge in [0.15, 0.2) is 6.61 Å². The number of nitrogens with zero attached hydrogens (tertiary/aromatic N) is 1. The Morgan fingerprint density at radius 2 is 2.05 bits per heavy atom. The van der Waals surface area contributed by atoms with E-state index in [-0.39, 0.29) is 18.7 Å². The number of nitriles is 1. The lowest BCUT2D eigenvalue weighted by Gasteiger charge is -2.28. The smallest absolute Gasteiger partial charge is 0.319 e. The van der Waals surface area contributed by atoms with Crippen molar-refractivity contribution in [2.24, 2.45) is 0 Å². The van der Waals surface area contributed by atoms with Crippen LogP contribution in [0.3, 0.4) is 0 Å². The van der Waals surface area contributed by atoms with Crippen LogP contribution in [0.15, 0.2) is 24.3 Å². The summed E-state index contributed by atoms with van der Waals surface area (Å²) >= 11 is 0. The molecule has 6 heteroatoms. The molecule has 0 aromatic heterocycles. The summed E-state index contributed by atoms with van der Waals surface area (Å²) in [4.78, 5) is 11.9. The average molecular weight is 289 g/mol. The Morgan fingerprint density at radius 3 is 2.71 bits per heavy atom. The topological polar surface area (TPSA) is 94.4 Å². The molecule has 0 bridgehead atoms. The van der Waals surface area contributed by atoms with Gasteiger partial charge < -0.3 is 20.5 Å². The normalized spacial score (nSPS) is 21.1. The van der Waals surface area contributed by atoms with Gasteiger partial charge in [0.25, 0.3) is 0 Å². The summed E-state index contributed by atoms with van der Waals surface area (Å²) in [6.45, 7) is -0.00711. The van der Waals surface area contributed by atoms with Gasteiger partial charge in [-0.15, -0.1) is 0 Å². The van der Waals surface area contributed by atoms with Gasteiger partial charge in [-0.05, 0) is 37.1 Å². The summed E-state index contributed by atoms with van der Waals surface area (Å²) in [5, 5.41) is 23.7. The Labute approximate surface area is 123 Å².